The van der Waals surface area contributed by atoms with Gasteiger partial charge in [0.25, 0.3) is 0 Å². The molecule has 106 valence electrons. The molecule has 0 heterocycles. The Morgan fingerprint density at radius 1 is 1.32 bits per heavy atom. The van der Waals surface area contributed by atoms with Gasteiger partial charge in [-0.3, -0.25) is 0 Å². The smallest absolute Gasteiger partial charge is 0.240 e. The molecule has 19 heavy (non-hydrogen) atoms. The predicted molar refractivity (Wildman–Crippen MR) is 76.5 cm³/mol. The Balaban J connectivity index is 2.13. The van der Waals surface area contributed by atoms with E-state index in [0.717, 1.165) is 30.5 Å². The van der Waals surface area contributed by atoms with Gasteiger partial charge >= 0.3 is 0 Å². The number of rotatable bonds is 7. The van der Waals surface area contributed by atoms with Crippen LogP contribution < -0.4 is 10.0 Å². The van der Waals surface area contributed by atoms with E-state index in [-0.39, 0.29) is 0 Å². The second-order valence-corrected chi connectivity index (χ2v) is 6.93. The average Bonchev–Trinajstić information content (AvgIpc) is 3.19. The van der Waals surface area contributed by atoms with Gasteiger partial charge in [-0.15, -0.1) is 0 Å². The zero-order valence-corrected chi connectivity index (χ0v) is 12.4. The highest BCUT2D eigenvalue weighted by molar-refractivity contribution is 7.89. The number of hydrogen-bond acceptors (Lipinski definition) is 3. The molecule has 0 atom stereocenters. The monoisotopic (exact) mass is 282 g/mol. The van der Waals surface area contributed by atoms with Crippen LogP contribution in [0.2, 0.25) is 0 Å². The summed E-state index contributed by atoms with van der Waals surface area (Å²) >= 11 is 0. The van der Waals surface area contributed by atoms with Crippen molar-refractivity contribution in [2.45, 2.75) is 38.1 Å². The van der Waals surface area contributed by atoms with Gasteiger partial charge < -0.3 is 5.32 Å². The quantitative estimate of drug-likeness (QED) is 0.801. The van der Waals surface area contributed by atoms with Crippen molar-refractivity contribution in [2.24, 2.45) is 5.92 Å². The zero-order chi connectivity index (χ0) is 13.9. The molecule has 0 bridgehead atoms. The highest BCUT2D eigenvalue weighted by Crippen LogP contribution is 2.28. The highest BCUT2D eigenvalue weighted by Gasteiger charge is 2.24. The molecule has 1 aliphatic carbocycles. The van der Waals surface area contributed by atoms with Crippen LogP contribution in [-0.2, 0) is 16.6 Å². The summed E-state index contributed by atoms with van der Waals surface area (Å²) in [4.78, 5) is 0.367. The molecular weight excluding hydrogens is 260 g/mol. The summed E-state index contributed by atoms with van der Waals surface area (Å²) in [6.07, 6.45) is 2.28. The Morgan fingerprint density at radius 3 is 2.68 bits per heavy atom. The van der Waals surface area contributed by atoms with Crippen molar-refractivity contribution in [3.8, 4) is 0 Å². The summed E-state index contributed by atoms with van der Waals surface area (Å²) in [5, 5.41) is 3.23. The summed E-state index contributed by atoms with van der Waals surface area (Å²) < 4.78 is 27.0. The van der Waals surface area contributed by atoms with Crippen LogP contribution in [0, 0.1) is 12.8 Å². The molecule has 2 rings (SSSR count). The average molecular weight is 282 g/mol. The van der Waals surface area contributed by atoms with Crippen LogP contribution in [-0.4, -0.2) is 21.5 Å². The molecule has 5 heteroatoms. The molecule has 1 fully saturated rings. The van der Waals surface area contributed by atoms with Crippen molar-refractivity contribution < 1.29 is 8.42 Å². The van der Waals surface area contributed by atoms with Gasteiger partial charge in [-0.1, -0.05) is 13.0 Å². The van der Waals surface area contributed by atoms with E-state index in [1.807, 2.05) is 19.9 Å². The lowest BCUT2D eigenvalue weighted by Crippen LogP contribution is -2.26. The molecule has 1 aliphatic rings. The van der Waals surface area contributed by atoms with E-state index in [4.69, 9.17) is 0 Å². The van der Waals surface area contributed by atoms with Crippen molar-refractivity contribution in [3.05, 3.63) is 29.3 Å². The lowest BCUT2D eigenvalue weighted by atomic mass is 10.1. The third-order valence-electron chi connectivity index (χ3n) is 3.46. The summed E-state index contributed by atoms with van der Waals surface area (Å²) in [6, 6.07) is 5.32. The van der Waals surface area contributed by atoms with Crippen LogP contribution in [0.3, 0.4) is 0 Å². The molecule has 4 nitrogen and oxygen atoms in total. The minimum absolute atomic E-state index is 0.367. The number of aryl methyl sites for hydroxylation is 1. The van der Waals surface area contributed by atoms with Crippen LogP contribution in [0.15, 0.2) is 23.1 Å². The Bertz CT molecular complexity index is 536. The van der Waals surface area contributed by atoms with Crippen LogP contribution >= 0.6 is 0 Å². The Hall–Kier alpha value is -0.910. The topological polar surface area (TPSA) is 58.2 Å². The number of benzene rings is 1. The van der Waals surface area contributed by atoms with E-state index in [1.165, 1.54) is 0 Å². The lowest BCUT2D eigenvalue weighted by molar-refractivity contribution is 0.577. The third kappa shape index (κ3) is 4.03. The van der Waals surface area contributed by atoms with Gasteiger partial charge in [0.05, 0.1) is 4.90 Å². The van der Waals surface area contributed by atoms with Gasteiger partial charge in [-0.05, 0) is 55.5 Å². The molecule has 1 aromatic carbocycles. The molecule has 1 saturated carbocycles. The van der Waals surface area contributed by atoms with E-state index >= 15 is 0 Å². The standard InChI is InChI=1S/C14H22N2O2S/c1-3-15-10-13-8-14(7-4-11(13)2)19(17,18)16-9-12-5-6-12/h4,7-8,12,15-16H,3,5-6,9-10H2,1-2H3. The van der Waals surface area contributed by atoms with Gasteiger partial charge in [0.1, 0.15) is 0 Å². The maximum Gasteiger partial charge on any atom is 0.240 e. The van der Waals surface area contributed by atoms with E-state index in [1.54, 1.807) is 12.1 Å². The van der Waals surface area contributed by atoms with Gasteiger partial charge in [0.15, 0.2) is 0 Å². The Labute approximate surface area is 115 Å². The largest absolute Gasteiger partial charge is 0.313 e. The molecule has 0 radical (unpaired) electrons. The normalized spacial score (nSPS) is 15.7. The second kappa shape index (κ2) is 6.03. The fraction of sp³-hybridized carbons (Fsp3) is 0.571. The first-order chi connectivity index (χ1) is 9.03. The maximum atomic E-state index is 12.2. The summed E-state index contributed by atoms with van der Waals surface area (Å²) in [7, 11) is -3.36. The van der Waals surface area contributed by atoms with E-state index in [9.17, 15) is 8.42 Å². The van der Waals surface area contributed by atoms with Gasteiger partial charge in [-0.25, -0.2) is 13.1 Å². The van der Waals surface area contributed by atoms with Gasteiger partial charge in [0, 0.05) is 13.1 Å². The summed E-state index contributed by atoms with van der Waals surface area (Å²) in [6.45, 7) is 6.18. The van der Waals surface area contributed by atoms with Crippen molar-refractivity contribution in [1.29, 1.82) is 0 Å². The minimum atomic E-state index is -3.36. The molecule has 1 aromatic rings. The predicted octanol–water partition coefficient (Wildman–Crippen LogP) is 1.79. The lowest BCUT2D eigenvalue weighted by Gasteiger charge is -2.11. The van der Waals surface area contributed by atoms with Crippen LogP contribution in [0.25, 0.3) is 0 Å². The van der Waals surface area contributed by atoms with Gasteiger partial charge in [0.2, 0.25) is 10.0 Å². The first-order valence-electron chi connectivity index (χ1n) is 6.83. The fourth-order valence-corrected chi connectivity index (χ4v) is 3.06. The highest BCUT2D eigenvalue weighted by atomic mass is 32.2. The first-order valence-corrected chi connectivity index (χ1v) is 8.31. The van der Waals surface area contributed by atoms with Crippen LogP contribution in [0.5, 0.6) is 0 Å². The molecule has 0 aromatic heterocycles. The zero-order valence-electron chi connectivity index (χ0n) is 11.6. The number of sulfonamides is 1. The third-order valence-corrected chi connectivity index (χ3v) is 4.88. The Morgan fingerprint density at radius 2 is 2.05 bits per heavy atom. The SMILES string of the molecule is CCNCc1cc(S(=O)(=O)NCC2CC2)ccc1C. The summed E-state index contributed by atoms with van der Waals surface area (Å²) in [5.74, 6) is 0.543. The minimum Gasteiger partial charge on any atom is -0.313 e. The maximum absolute atomic E-state index is 12.2. The number of nitrogens with one attached hydrogen (secondary N) is 2. The molecule has 0 unspecified atom stereocenters. The molecule has 0 aliphatic heterocycles. The van der Waals surface area contributed by atoms with Gasteiger partial charge in [-0.2, -0.15) is 0 Å². The first kappa shape index (κ1) is 14.5. The molecule has 0 spiro atoms. The second-order valence-electron chi connectivity index (χ2n) is 5.16. The molecular formula is C14H22N2O2S. The van der Waals surface area contributed by atoms with Crippen molar-refractivity contribution in [1.82, 2.24) is 10.0 Å². The van der Waals surface area contributed by atoms with Crippen molar-refractivity contribution in [2.75, 3.05) is 13.1 Å². The number of hydrogen-bond donors (Lipinski definition) is 2. The molecule has 0 saturated heterocycles. The molecule has 2 N–H and O–H groups in total. The van der Waals surface area contributed by atoms with E-state index in [0.29, 0.717) is 23.9 Å². The van der Waals surface area contributed by atoms with Crippen LogP contribution in [0.1, 0.15) is 30.9 Å². The van der Waals surface area contributed by atoms with Crippen molar-refractivity contribution >= 4 is 10.0 Å². The molecule has 0 amide bonds. The van der Waals surface area contributed by atoms with Crippen LogP contribution in [0.4, 0.5) is 0 Å². The van der Waals surface area contributed by atoms with E-state index < -0.39 is 10.0 Å². The summed E-state index contributed by atoms with van der Waals surface area (Å²) in [5.41, 5.74) is 2.15. The Kier molecular flexibility index (Phi) is 4.60. The van der Waals surface area contributed by atoms with E-state index in [2.05, 4.69) is 10.0 Å². The fourth-order valence-electron chi connectivity index (χ4n) is 1.90. The van der Waals surface area contributed by atoms with Crippen molar-refractivity contribution in [3.63, 3.8) is 0 Å².